The van der Waals surface area contributed by atoms with Gasteiger partial charge in [0.2, 0.25) is 5.95 Å². The fraction of sp³-hybridized carbons (Fsp3) is 0.286. The van der Waals surface area contributed by atoms with E-state index in [-0.39, 0.29) is 5.95 Å². The Kier molecular flexibility index (Phi) is 2.74. The lowest BCUT2D eigenvalue weighted by molar-refractivity contribution is 0.415. The van der Waals surface area contributed by atoms with Gasteiger partial charge in [0, 0.05) is 11.1 Å². The summed E-state index contributed by atoms with van der Waals surface area (Å²) in [5.74, 6) is 2.00. The average Bonchev–Trinajstić information content (AvgIpc) is 3.22. The third-order valence-corrected chi connectivity index (χ3v) is 3.34. The third-order valence-electron chi connectivity index (χ3n) is 3.34. The number of nitrogens with two attached hydrogens (primary N) is 2. The molecule has 0 radical (unpaired) electrons. The molecular weight excluding hydrogens is 240 g/mol. The molecule has 4 N–H and O–H groups in total. The monoisotopic (exact) mass is 256 g/mol. The minimum Gasteiger partial charge on any atom is -0.497 e. The Hall–Kier alpha value is -2.30. The molecule has 3 rings (SSSR count). The van der Waals surface area contributed by atoms with Gasteiger partial charge >= 0.3 is 0 Å². The van der Waals surface area contributed by atoms with Crippen LogP contribution in [0.3, 0.4) is 0 Å². The first-order chi connectivity index (χ1) is 9.19. The van der Waals surface area contributed by atoms with Crippen LogP contribution < -0.4 is 16.2 Å². The predicted molar refractivity (Wildman–Crippen MR) is 74.8 cm³/mol. The molecule has 0 atom stereocenters. The second-order valence-corrected chi connectivity index (χ2v) is 4.73. The maximum absolute atomic E-state index is 6.00. The Balaban J connectivity index is 2.11. The van der Waals surface area contributed by atoms with Crippen molar-refractivity contribution in [3.63, 3.8) is 0 Å². The van der Waals surface area contributed by atoms with Crippen molar-refractivity contribution in [2.45, 2.75) is 18.8 Å². The quantitative estimate of drug-likeness (QED) is 0.879. The number of benzene rings is 1. The van der Waals surface area contributed by atoms with Gasteiger partial charge in [-0.25, -0.2) is 4.98 Å². The van der Waals surface area contributed by atoms with Crippen molar-refractivity contribution in [3.05, 3.63) is 29.8 Å². The van der Waals surface area contributed by atoms with Gasteiger partial charge in [-0.15, -0.1) is 0 Å². The van der Waals surface area contributed by atoms with E-state index in [1.54, 1.807) is 7.11 Å². The van der Waals surface area contributed by atoms with E-state index in [1.807, 2.05) is 24.3 Å². The summed E-state index contributed by atoms with van der Waals surface area (Å²) in [5, 5.41) is 0. The zero-order chi connectivity index (χ0) is 13.4. The van der Waals surface area contributed by atoms with E-state index in [2.05, 4.69) is 9.97 Å². The number of aromatic nitrogens is 2. The Morgan fingerprint density at radius 3 is 2.37 bits per heavy atom. The molecule has 19 heavy (non-hydrogen) atoms. The number of nitrogen functional groups attached to an aromatic ring is 2. The van der Waals surface area contributed by atoms with Crippen molar-refractivity contribution >= 4 is 11.8 Å². The lowest BCUT2D eigenvalue weighted by Gasteiger charge is -2.11. The highest BCUT2D eigenvalue weighted by Gasteiger charge is 2.30. The molecule has 1 aromatic heterocycles. The molecule has 0 spiro atoms. The van der Waals surface area contributed by atoms with Crippen molar-refractivity contribution in [2.75, 3.05) is 18.6 Å². The van der Waals surface area contributed by atoms with Gasteiger partial charge in [0.25, 0.3) is 0 Å². The molecule has 1 heterocycles. The van der Waals surface area contributed by atoms with Crippen LogP contribution in [-0.4, -0.2) is 17.1 Å². The molecular formula is C14H16N4O. The molecule has 0 bridgehead atoms. The first-order valence-corrected chi connectivity index (χ1v) is 6.26. The summed E-state index contributed by atoms with van der Waals surface area (Å²) < 4.78 is 5.16. The predicted octanol–water partition coefficient (Wildman–Crippen LogP) is 2.19. The summed E-state index contributed by atoms with van der Waals surface area (Å²) in [5.41, 5.74) is 14.6. The lowest BCUT2D eigenvalue weighted by atomic mass is 10.0. The Morgan fingerprint density at radius 1 is 1.11 bits per heavy atom. The van der Waals surface area contributed by atoms with E-state index in [0.29, 0.717) is 11.7 Å². The summed E-state index contributed by atoms with van der Waals surface area (Å²) in [6.45, 7) is 0. The fourth-order valence-electron chi connectivity index (χ4n) is 2.25. The molecule has 1 saturated carbocycles. The number of ether oxygens (including phenoxy) is 1. The zero-order valence-electron chi connectivity index (χ0n) is 10.8. The number of anilines is 2. The highest BCUT2D eigenvalue weighted by Crippen LogP contribution is 2.46. The van der Waals surface area contributed by atoms with Crippen molar-refractivity contribution in [3.8, 4) is 17.0 Å². The van der Waals surface area contributed by atoms with Crippen molar-refractivity contribution in [2.24, 2.45) is 0 Å². The van der Waals surface area contributed by atoms with Crippen molar-refractivity contribution in [1.29, 1.82) is 0 Å². The average molecular weight is 256 g/mol. The van der Waals surface area contributed by atoms with Crippen LogP contribution in [0, 0.1) is 0 Å². The van der Waals surface area contributed by atoms with Gasteiger partial charge in [-0.2, -0.15) is 4.98 Å². The standard InChI is InChI=1S/C14H16N4O/c1-19-10-6-4-9(5-7-10)12-11(8-2-3-8)13(15)18-14(16)17-12/h4-8H,2-3H2,1H3,(H4,15,16,17,18). The molecule has 1 aliphatic rings. The summed E-state index contributed by atoms with van der Waals surface area (Å²) in [6, 6.07) is 7.73. The van der Waals surface area contributed by atoms with Crippen LogP contribution >= 0.6 is 0 Å². The molecule has 1 aliphatic carbocycles. The zero-order valence-corrected chi connectivity index (χ0v) is 10.8. The van der Waals surface area contributed by atoms with Gasteiger partial charge in [0.05, 0.1) is 12.8 Å². The summed E-state index contributed by atoms with van der Waals surface area (Å²) in [6.07, 6.45) is 2.28. The fourth-order valence-corrected chi connectivity index (χ4v) is 2.25. The van der Waals surface area contributed by atoms with Gasteiger partial charge in [-0.05, 0) is 43.0 Å². The Bertz CT molecular complexity index is 606. The molecule has 0 aliphatic heterocycles. The SMILES string of the molecule is COc1ccc(-c2nc(N)nc(N)c2C2CC2)cc1. The maximum Gasteiger partial charge on any atom is 0.222 e. The van der Waals surface area contributed by atoms with E-state index in [4.69, 9.17) is 16.2 Å². The van der Waals surface area contributed by atoms with Crippen LogP contribution in [-0.2, 0) is 0 Å². The van der Waals surface area contributed by atoms with E-state index in [9.17, 15) is 0 Å². The second kappa shape index (κ2) is 4.42. The molecule has 5 heteroatoms. The highest BCUT2D eigenvalue weighted by atomic mass is 16.5. The molecule has 0 saturated heterocycles. The Morgan fingerprint density at radius 2 is 1.79 bits per heavy atom. The lowest BCUT2D eigenvalue weighted by Crippen LogP contribution is -2.06. The number of rotatable bonds is 3. The smallest absolute Gasteiger partial charge is 0.222 e. The summed E-state index contributed by atoms with van der Waals surface area (Å²) in [4.78, 5) is 8.44. The molecule has 0 unspecified atom stereocenters. The number of hydrogen-bond acceptors (Lipinski definition) is 5. The molecule has 0 amide bonds. The van der Waals surface area contributed by atoms with Gasteiger partial charge < -0.3 is 16.2 Å². The Labute approximate surface area is 111 Å². The van der Waals surface area contributed by atoms with Crippen LogP contribution in [0.2, 0.25) is 0 Å². The minimum absolute atomic E-state index is 0.215. The van der Waals surface area contributed by atoms with Gasteiger partial charge in [0.1, 0.15) is 11.6 Å². The summed E-state index contributed by atoms with van der Waals surface area (Å²) in [7, 11) is 1.64. The third kappa shape index (κ3) is 2.19. The molecule has 98 valence electrons. The van der Waals surface area contributed by atoms with E-state index in [0.717, 1.165) is 35.4 Å². The second-order valence-electron chi connectivity index (χ2n) is 4.73. The van der Waals surface area contributed by atoms with Crippen LogP contribution in [0.4, 0.5) is 11.8 Å². The van der Waals surface area contributed by atoms with Gasteiger partial charge in [-0.1, -0.05) is 0 Å². The minimum atomic E-state index is 0.215. The highest BCUT2D eigenvalue weighted by molar-refractivity contribution is 5.71. The number of nitrogens with zero attached hydrogens (tertiary/aromatic N) is 2. The van der Waals surface area contributed by atoms with Crippen LogP contribution in [0.25, 0.3) is 11.3 Å². The van der Waals surface area contributed by atoms with E-state index >= 15 is 0 Å². The van der Waals surface area contributed by atoms with Crippen LogP contribution in [0.5, 0.6) is 5.75 Å². The van der Waals surface area contributed by atoms with Crippen LogP contribution in [0.15, 0.2) is 24.3 Å². The summed E-state index contributed by atoms with van der Waals surface area (Å²) >= 11 is 0. The van der Waals surface area contributed by atoms with E-state index < -0.39 is 0 Å². The molecule has 1 fully saturated rings. The number of hydrogen-bond donors (Lipinski definition) is 2. The topological polar surface area (TPSA) is 87.0 Å². The normalized spacial score (nSPS) is 14.4. The van der Waals surface area contributed by atoms with Crippen molar-refractivity contribution in [1.82, 2.24) is 9.97 Å². The maximum atomic E-state index is 6.00. The number of methoxy groups -OCH3 is 1. The van der Waals surface area contributed by atoms with Gasteiger partial charge in [0.15, 0.2) is 0 Å². The first-order valence-electron chi connectivity index (χ1n) is 6.26. The largest absolute Gasteiger partial charge is 0.497 e. The molecule has 5 nitrogen and oxygen atoms in total. The van der Waals surface area contributed by atoms with E-state index in [1.165, 1.54) is 0 Å². The molecule has 1 aromatic carbocycles. The van der Waals surface area contributed by atoms with Gasteiger partial charge in [-0.3, -0.25) is 0 Å². The molecule has 2 aromatic rings. The van der Waals surface area contributed by atoms with Crippen LogP contribution in [0.1, 0.15) is 24.3 Å². The van der Waals surface area contributed by atoms with Crippen molar-refractivity contribution < 1.29 is 4.74 Å². The first kappa shape index (κ1) is 11.8.